The predicted molar refractivity (Wildman–Crippen MR) is 69.5 cm³/mol. The average Bonchev–Trinajstić information content (AvgIpc) is 2.43. The molecule has 0 heterocycles. The number of nitrogens with zero attached hydrogens (tertiary/aromatic N) is 1. The van der Waals surface area contributed by atoms with Crippen molar-refractivity contribution in [2.45, 2.75) is 13.3 Å². The highest BCUT2D eigenvalue weighted by atomic mass is 16.5. The summed E-state index contributed by atoms with van der Waals surface area (Å²) < 4.78 is 9.46. The average molecular weight is 279 g/mol. The molecule has 0 saturated heterocycles. The zero-order chi connectivity index (χ0) is 15.1. The summed E-state index contributed by atoms with van der Waals surface area (Å²) in [7, 11) is 2.68. The molecule has 0 aliphatic heterocycles. The summed E-state index contributed by atoms with van der Waals surface area (Å²) >= 11 is 0. The molecule has 0 saturated carbocycles. The molecular formula is C13H15N2O5-. The first kappa shape index (κ1) is 15.5. The fourth-order valence-electron chi connectivity index (χ4n) is 1.54. The molecule has 1 aromatic carbocycles. The van der Waals surface area contributed by atoms with Gasteiger partial charge in [0, 0.05) is 18.0 Å². The molecule has 0 aliphatic rings. The van der Waals surface area contributed by atoms with Crippen LogP contribution in [0.3, 0.4) is 0 Å². The van der Waals surface area contributed by atoms with Crippen molar-refractivity contribution in [1.29, 1.82) is 0 Å². The summed E-state index contributed by atoms with van der Waals surface area (Å²) in [5.41, 5.74) is 3.81. The number of hydrazone groups is 1. The topological polar surface area (TPSA) is 100 Å². The van der Waals surface area contributed by atoms with Gasteiger partial charge in [-0.2, -0.15) is 5.10 Å². The van der Waals surface area contributed by atoms with Gasteiger partial charge in [0.1, 0.15) is 5.75 Å². The third-order valence-corrected chi connectivity index (χ3v) is 2.53. The van der Waals surface area contributed by atoms with Gasteiger partial charge in [-0.05, 0) is 30.7 Å². The lowest BCUT2D eigenvalue weighted by atomic mass is 10.0. The number of amides is 1. The highest BCUT2D eigenvalue weighted by Gasteiger charge is 2.07. The van der Waals surface area contributed by atoms with Crippen LogP contribution in [0.2, 0.25) is 0 Å². The molecule has 0 unspecified atom stereocenters. The molecule has 0 atom stereocenters. The zero-order valence-corrected chi connectivity index (χ0v) is 11.4. The fourth-order valence-corrected chi connectivity index (χ4v) is 1.54. The van der Waals surface area contributed by atoms with Crippen LogP contribution in [0.25, 0.3) is 0 Å². The number of hydrogen-bond donors (Lipinski definition) is 1. The van der Waals surface area contributed by atoms with Crippen molar-refractivity contribution in [3.63, 3.8) is 0 Å². The summed E-state index contributed by atoms with van der Waals surface area (Å²) in [6.07, 6.45) is -0.956. The summed E-state index contributed by atoms with van der Waals surface area (Å²) in [6.45, 7) is 1.67. The highest BCUT2D eigenvalue weighted by molar-refractivity contribution is 5.99. The molecule has 1 rings (SSSR count). The number of ether oxygens (including phenoxy) is 2. The van der Waals surface area contributed by atoms with Crippen molar-refractivity contribution in [3.8, 4) is 5.75 Å². The number of carbonyl (C=O) groups excluding carboxylic acids is 2. The molecule has 7 heteroatoms. The number of nitrogens with one attached hydrogen (secondary N) is 1. The Kier molecular flexibility index (Phi) is 5.52. The van der Waals surface area contributed by atoms with Crippen LogP contribution >= 0.6 is 0 Å². The van der Waals surface area contributed by atoms with Gasteiger partial charge in [0.25, 0.3) is 0 Å². The number of carbonyl (C=O) groups is 2. The van der Waals surface area contributed by atoms with Crippen LogP contribution in [0, 0.1) is 0 Å². The van der Waals surface area contributed by atoms with Crippen molar-refractivity contribution in [2.24, 2.45) is 5.10 Å². The molecule has 0 radical (unpaired) electrons. The SMILES string of the molecule is COC(=O)N/N=C(/C)c1ccc(OC)c(CC(=O)[O-])c1. The van der Waals surface area contributed by atoms with E-state index in [2.05, 4.69) is 15.3 Å². The summed E-state index contributed by atoms with van der Waals surface area (Å²) in [5.74, 6) is -0.755. The van der Waals surface area contributed by atoms with Crippen LogP contribution in [0.1, 0.15) is 18.1 Å². The van der Waals surface area contributed by atoms with Gasteiger partial charge >= 0.3 is 6.09 Å². The van der Waals surface area contributed by atoms with Crippen molar-refractivity contribution in [3.05, 3.63) is 29.3 Å². The number of rotatable bonds is 5. The number of carboxylic acids is 1. The maximum absolute atomic E-state index is 10.9. The predicted octanol–water partition coefficient (Wildman–Crippen LogP) is 0.0676. The Bertz CT molecular complexity index is 540. The molecule has 20 heavy (non-hydrogen) atoms. The van der Waals surface area contributed by atoms with E-state index in [1.165, 1.54) is 14.2 Å². The van der Waals surface area contributed by atoms with E-state index in [9.17, 15) is 14.7 Å². The monoisotopic (exact) mass is 279 g/mol. The van der Waals surface area contributed by atoms with E-state index >= 15 is 0 Å². The third kappa shape index (κ3) is 4.27. The molecule has 0 fully saturated rings. The minimum atomic E-state index is -1.21. The summed E-state index contributed by atoms with van der Waals surface area (Å²) in [6, 6.07) is 4.95. The van der Waals surface area contributed by atoms with Gasteiger partial charge in [-0.1, -0.05) is 0 Å². The molecule has 0 bridgehead atoms. The van der Waals surface area contributed by atoms with Crippen LogP contribution in [0.5, 0.6) is 5.75 Å². The quantitative estimate of drug-likeness (QED) is 0.607. The minimum Gasteiger partial charge on any atom is -0.550 e. The standard InChI is InChI=1S/C13H16N2O5/c1-8(14-15-13(18)20-3)9-4-5-11(19-2)10(6-9)7-12(16)17/h4-6H,7H2,1-3H3,(H,15,18)(H,16,17)/p-1/b14-8-. The molecule has 1 aromatic rings. The number of carboxylic acid groups (broad SMARTS) is 1. The van der Waals surface area contributed by atoms with E-state index in [1.807, 2.05) is 0 Å². The summed E-state index contributed by atoms with van der Waals surface area (Å²) in [5, 5.41) is 14.5. The smallest absolute Gasteiger partial charge is 0.427 e. The second-order valence-corrected chi connectivity index (χ2v) is 3.88. The van der Waals surface area contributed by atoms with Gasteiger partial charge in [-0.3, -0.25) is 0 Å². The molecule has 7 nitrogen and oxygen atoms in total. The first-order chi connectivity index (χ1) is 9.47. The van der Waals surface area contributed by atoms with E-state index in [0.717, 1.165) is 0 Å². The lowest BCUT2D eigenvalue weighted by Gasteiger charge is -2.11. The molecule has 0 spiro atoms. The van der Waals surface area contributed by atoms with Gasteiger partial charge in [-0.25, -0.2) is 10.2 Å². The van der Waals surface area contributed by atoms with Crippen molar-refractivity contribution in [2.75, 3.05) is 14.2 Å². The first-order valence-electron chi connectivity index (χ1n) is 5.73. The maximum Gasteiger partial charge on any atom is 0.427 e. The van der Waals surface area contributed by atoms with E-state index in [1.54, 1.807) is 25.1 Å². The van der Waals surface area contributed by atoms with Crippen molar-refractivity contribution in [1.82, 2.24) is 5.43 Å². The van der Waals surface area contributed by atoms with Crippen LogP contribution in [0.4, 0.5) is 4.79 Å². The van der Waals surface area contributed by atoms with Gasteiger partial charge in [0.2, 0.25) is 0 Å². The Morgan fingerprint density at radius 3 is 2.60 bits per heavy atom. The van der Waals surface area contributed by atoms with E-state index in [-0.39, 0.29) is 6.42 Å². The van der Waals surface area contributed by atoms with Gasteiger partial charge in [-0.15, -0.1) is 0 Å². The Balaban J connectivity index is 3.01. The van der Waals surface area contributed by atoms with Gasteiger partial charge in [0.05, 0.1) is 19.9 Å². The Morgan fingerprint density at radius 1 is 1.35 bits per heavy atom. The van der Waals surface area contributed by atoms with Crippen LogP contribution in [-0.4, -0.2) is 32.0 Å². The number of hydrogen-bond acceptors (Lipinski definition) is 6. The maximum atomic E-state index is 10.9. The fraction of sp³-hybridized carbons (Fsp3) is 0.308. The molecule has 0 aromatic heterocycles. The lowest BCUT2D eigenvalue weighted by Crippen LogP contribution is -2.24. The van der Waals surface area contributed by atoms with Crippen molar-refractivity contribution >= 4 is 17.8 Å². The van der Waals surface area contributed by atoms with Crippen LogP contribution in [0.15, 0.2) is 23.3 Å². The highest BCUT2D eigenvalue weighted by Crippen LogP contribution is 2.20. The number of aliphatic carboxylic acids is 1. The Morgan fingerprint density at radius 2 is 2.05 bits per heavy atom. The van der Waals surface area contributed by atoms with Crippen molar-refractivity contribution < 1.29 is 24.2 Å². The minimum absolute atomic E-state index is 0.269. The second-order valence-electron chi connectivity index (χ2n) is 3.88. The molecule has 1 amide bonds. The number of benzene rings is 1. The Hall–Kier alpha value is -2.57. The Labute approximate surface area is 116 Å². The molecular weight excluding hydrogens is 264 g/mol. The van der Waals surface area contributed by atoms with E-state index in [0.29, 0.717) is 22.6 Å². The molecule has 1 N–H and O–H groups in total. The normalized spacial score (nSPS) is 10.8. The summed E-state index contributed by atoms with van der Waals surface area (Å²) in [4.78, 5) is 21.6. The van der Waals surface area contributed by atoms with E-state index in [4.69, 9.17) is 4.74 Å². The largest absolute Gasteiger partial charge is 0.550 e. The number of methoxy groups -OCH3 is 2. The van der Waals surface area contributed by atoms with E-state index < -0.39 is 12.1 Å². The molecule has 108 valence electrons. The first-order valence-corrected chi connectivity index (χ1v) is 5.73. The van der Waals surface area contributed by atoms with Gasteiger partial charge in [0.15, 0.2) is 0 Å². The zero-order valence-electron chi connectivity index (χ0n) is 11.4. The van der Waals surface area contributed by atoms with Crippen LogP contribution in [-0.2, 0) is 16.0 Å². The van der Waals surface area contributed by atoms with Crippen LogP contribution < -0.4 is 15.3 Å². The van der Waals surface area contributed by atoms with Gasteiger partial charge < -0.3 is 19.4 Å². The molecule has 0 aliphatic carbocycles. The lowest BCUT2D eigenvalue weighted by molar-refractivity contribution is -0.304. The second kappa shape index (κ2) is 7.13. The third-order valence-electron chi connectivity index (χ3n) is 2.53.